The van der Waals surface area contributed by atoms with E-state index in [-0.39, 0.29) is 44.7 Å². The molecule has 0 aliphatic carbocycles. The zero-order valence-corrected chi connectivity index (χ0v) is 25.3. The van der Waals surface area contributed by atoms with Crippen LogP contribution in [0.2, 0.25) is 25.7 Å². The second-order valence-corrected chi connectivity index (χ2v) is 16.0. The van der Waals surface area contributed by atoms with E-state index in [0.29, 0.717) is 35.0 Å². The fourth-order valence-electron chi connectivity index (χ4n) is 3.40. The van der Waals surface area contributed by atoms with Crippen molar-refractivity contribution in [1.29, 1.82) is 0 Å². The van der Waals surface area contributed by atoms with E-state index in [4.69, 9.17) is 28.4 Å². The molecule has 0 spiro atoms. The van der Waals surface area contributed by atoms with Gasteiger partial charge in [-0.2, -0.15) is 0 Å². The third-order valence-electron chi connectivity index (χ3n) is 5.78. The Morgan fingerprint density at radius 3 is 2.33 bits per heavy atom. The Hall–Kier alpha value is -3.15. The lowest BCUT2D eigenvalue weighted by atomic mass is 10.00. The molecule has 0 saturated heterocycles. The smallest absolute Gasteiger partial charge is 0.189 e. The van der Waals surface area contributed by atoms with Crippen molar-refractivity contribution >= 4 is 19.9 Å². The van der Waals surface area contributed by atoms with Gasteiger partial charge < -0.3 is 38.6 Å². The standard InChI is InChI=1S/C30H42O9Si/c1-22(18-31)7-11-26-28(39-21-36-15-16-40(4,5)6)14-12-25(30(26)33)27(32)13-9-23-8-10-24(37-19-34-2)17-29(23)38-20-35-3/h7-10,12-14,17,31,33H,11,15-16,18-21H2,1-6H3/b13-9+,22-7+. The fraction of sp³-hybridized carbons (Fsp3) is 0.433. The van der Waals surface area contributed by atoms with Crippen LogP contribution in [-0.4, -0.2) is 71.9 Å². The second kappa shape index (κ2) is 16.8. The maximum Gasteiger partial charge on any atom is 0.189 e. The molecular weight excluding hydrogens is 532 g/mol. The number of carbonyl (C=O) groups is 1. The molecule has 40 heavy (non-hydrogen) atoms. The Bertz CT molecular complexity index is 1150. The van der Waals surface area contributed by atoms with Crippen molar-refractivity contribution in [2.24, 2.45) is 0 Å². The van der Waals surface area contributed by atoms with Gasteiger partial charge in [0.15, 0.2) is 26.2 Å². The first-order valence-corrected chi connectivity index (χ1v) is 16.7. The van der Waals surface area contributed by atoms with E-state index < -0.39 is 13.9 Å². The van der Waals surface area contributed by atoms with E-state index in [1.54, 1.807) is 43.3 Å². The molecule has 0 fully saturated rings. The summed E-state index contributed by atoms with van der Waals surface area (Å²) in [6, 6.07) is 9.32. The highest BCUT2D eigenvalue weighted by molar-refractivity contribution is 6.76. The first kappa shape index (κ1) is 33.1. The number of phenols is 1. The topological polar surface area (TPSA) is 113 Å². The molecule has 0 saturated carbocycles. The second-order valence-electron chi connectivity index (χ2n) is 10.3. The van der Waals surface area contributed by atoms with E-state index in [1.807, 2.05) is 0 Å². The van der Waals surface area contributed by atoms with E-state index in [9.17, 15) is 15.0 Å². The van der Waals surface area contributed by atoms with Gasteiger partial charge in [-0.3, -0.25) is 4.79 Å². The van der Waals surface area contributed by atoms with Crippen LogP contribution in [0.4, 0.5) is 0 Å². The number of carbonyl (C=O) groups excluding carboxylic acids is 1. The monoisotopic (exact) mass is 574 g/mol. The highest BCUT2D eigenvalue weighted by Gasteiger charge is 2.18. The molecule has 9 nitrogen and oxygen atoms in total. The Morgan fingerprint density at radius 1 is 0.950 bits per heavy atom. The average Bonchev–Trinajstić information content (AvgIpc) is 2.92. The van der Waals surface area contributed by atoms with Crippen molar-refractivity contribution in [2.45, 2.75) is 39.0 Å². The summed E-state index contributed by atoms with van der Waals surface area (Å²) in [5, 5.41) is 20.5. The number of aliphatic hydroxyl groups is 1. The molecule has 2 aromatic carbocycles. The first-order valence-electron chi connectivity index (χ1n) is 13.0. The molecule has 0 aliphatic rings. The van der Waals surface area contributed by atoms with Crippen LogP contribution in [0.5, 0.6) is 23.0 Å². The van der Waals surface area contributed by atoms with Gasteiger partial charge in [0.2, 0.25) is 0 Å². The van der Waals surface area contributed by atoms with Gasteiger partial charge in [-0.1, -0.05) is 31.3 Å². The zero-order valence-electron chi connectivity index (χ0n) is 24.3. The number of rotatable bonds is 18. The SMILES string of the molecule is COCOc1ccc(/C=C/C(=O)c2ccc(OCOCC[Si](C)(C)C)c(C/C=C(\C)CO)c2O)c(OCOC)c1. The highest BCUT2D eigenvalue weighted by atomic mass is 28.3. The van der Waals surface area contributed by atoms with Crippen LogP contribution in [-0.2, 0) is 20.6 Å². The number of hydrogen-bond donors (Lipinski definition) is 2. The van der Waals surface area contributed by atoms with Crippen molar-refractivity contribution < 1.29 is 43.4 Å². The van der Waals surface area contributed by atoms with E-state index in [1.165, 1.54) is 26.4 Å². The third kappa shape index (κ3) is 11.1. The molecule has 0 heterocycles. The zero-order chi connectivity index (χ0) is 29.5. The molecule has 2 rings (SSSR count). The minimum absolute atomic E-state index is 0.0107. The van der Waals surface area contributed by atoms with Crippen molar-refractivity contribution in [3.05, 3.63) is 64.7 Å². The first-order chi connectivity index (χ1) is 19.1. The van der Waals surface area contributed by atoms with E-state index >= 15 is 0 Å². The molecule has 0 radical (unpaired) electrons. The van der Waals surface area contributed by atoms with Gasteiger partial charge in [0.25, 0.3) is 0 Å². The summed E-state index contributed by atoms with van der Waals surface area (Å²) < 4.78 is 32.5. The van der Waals surface area contributed by atoms with Gasteiger partial charge >= 0.3 is 0 Å². The number of ketones is 1. The molecule has 10 heteroatoms. The summed E-state index contributed by atoms with van der Waals surface area (Å²) in [6.45, 7) is 9.20. The molecule has 0 aromatic heterocycles. The maximum atomic E-state index is 13.2. The van der Waals surface area contributed by atoms with Gasteiger partial charge in [-0.25, -0.2) is 0 Å². The summed E-state index contributed by atoms with van der Waals surface area (Å²) in [6.07, 6.45) is 5.01. The maximum absolute atomic E-state index is 13.2. The van der Waals surface area contributed by atoms with Crippen LogP contribution in [0.1, 0.15) is 28.4 Å². The van der Waals surface area contributed by atoms with Gasteiger partial charge in [-0.15, -0.1) is 0 Å². The number of aromatic hydroxyl groups is 1. The van der Waals surface area contributed by atoms with Gasteiger partial charge in [0.1, 0.15) is 23.0 Å². The number of hydrogen-bond acceptors (Lipinski definition) is 9. The van der Waals surface area contributed by atoms with Crippen LogP contribution in [0, 0.1) is 0 Å². The Balaban J connectivity index is 2.28. The molecule has 0 bridgehead atoms. The third-order valence-corrected chi connectivity index (χ3v) is 7.48. The quantitative estimate of drug-likeness (QED) is 0.0601. The highest BCUT2D eigenvalue weighted by Crippen LogP contribution is 2.34. The number of aliphatic hydroxyl groups excluding tert-OH is 1. The van der Waals surface area contributed by atoms with E-state index in [0.717, 1.165) is 11.6 Å². The predicted molar refractivity (Wildman–Crippen MR) is 157 cm³/mol. The predicted octanol–water partition coefficient (Wildman–Crippen LogP) is 5.43. The van der Waals surface area contributed by atoms with Crippen LogP contribution in [0.25, 0.3) is 6.08 Å². The molecule has 2 N–H and O–H groups in total. The molecular formula is C30H42O9Si. The molecule has 220 valence electrons. The molecule has 0 amide bonds. The lowest BCUT2D eigenvalue weighted by Gasteiger charge is -2.17. The van der Waals surface area contributed by atoms with Crippen molar-refractivity contribution in [3.8, 4) is 23.0 Å². The Kier molecular flexibility index (Phi) is 13.9. The molecule has 0 atom stereocenters. The van der Waals surface area contributed by atoms with Crippen LogP contribution in [0.15, 0.2) is 48.1 Å². The summed E-state index contributed by atoms with van der Waals surface area (Å²) in [5.41, 5.74) is 1.90. The van der Waals surface area contributed by atoms with Gasteiger partial charge in [0.05, 0.1) is 12.2 Å². The normalized spacial score (nSPS) is 12.1. The van der Waals surface area contributed by atoms with Crippen LogP contribution >= 0.6 is 0 Å². The lowest BCUT2D eigenvalue weighted by molar-refractivity contribution is 0.0214. The van der Waals surface area contributed by atoms with Crippen molar-refractivity contribution in [3.63, 3.8) is 0 Å². The number of methoxy groups -OCH3 is 2. The summed E-state index contributed by atoms with van der Waals surface area (Å²) >= 11 is 0. The van der Waals surface area contributed by atoms with Crippen LogP contribution < -0.4 is 14.2 Å². The van der Waals surface area contributed by atoms with E-state index in [2.05, 4.69) is 19.6 Å². The summed E-state index contributed by atoms with van der Waals surface area (Å²) in [5.74, 6) is 0.805. The van der Waals surface area contributed by atoms with Gasteiger partial charge in [-0.05, 0) is 55.8 Å². The van der Waals surface area contributed by atoms with Crippen molar-refractivity contribution in [1.82, 2.24) is 0 Å². The van der Waals surface area contributed by atoms with Crippen molar-refractivity contribution in [2.75, 3.05) is 47.8 Å². The largest absolute Gasteiger partial charge is 0.507 e. The Morgan fingerprint density at radius 2 is 1.65 bits per heavy atom. The molecule has 0 aliphatic heterocycles. The fourth-order valence-corrected chi connectivity index (χ4v) is 4.16. The number of ether oxygens (including phenoxy) is 6. The molecule has 2 aromatic rings. The minimum atomic E-state index is -1.23. The summed E-state index contributed by atoms with van der Waals surface area (Å²) in [7, 11) is 1.81. The average molecular weight is 575 g/mol. The number of benzene rings is 2. The van der Waals surface area contributed by atoms with Gasteiger partial charge in [0, 0.05) is 46.1 Å². The van der Waals surface area contributed by atoms with Crippen LogP contribution in [0.3, 0.4) is 0 Å². The lowest BCUT2D eigenvalue weighted by Crippen LogP contribution is -2.22. The summed E-state index contributed by atoms with van der Waals surface area (Å²) in [4.78, 5) is 13.2. The number of phenolic OH excluding ortho intramolecular Hbond substituents is 1. The molecule has 0 unspecified atom stereocenters. The Labute approximate surface area is 237 Å². The number of allylic oxidation sites excluding steroid dienone is 2. The minimum Gasteiger partial charge on any atom is -0.507 e.